The Morgan fingerprint density at radius 2 is 1.76 bits per heavy atom. The smallest absolute Gasteiger partial charge is 0.338 e. The van der Waals surface area contributed by atoms with Crippen molar-refractivity contribution in [1.29, 1.82) is 0 Å². The van der Waals surface area contributed by atoms with E-state index in [0.717, 1.165) is 6.42 Å². The van der Waals surface area contributed by atoms with Crippen molar-refractivity contribution in [2.75, 3.05) is 13.2 Å². The van der Waals surface area contributed by atoms with Crippen molar-refractivity contribution in [1.82, 2.24) is 0 Å². The number of epoxide rings is 1. The summed E-state index contributed by atoms with van der Waals surface area (Å²) in [5, 5.41) is 0. The third-order valence-corrected chi connectivity index (χ3v) is 11.0. The molecule has 1 aromatic carbocycles. The van der Waals surface area contributed by atoms with Crippen LogP contribution in [0.3, 0.4) is 0 Å². The number of allylic oxidation sites excluding steroid dienone is 3. The van der Waals surface area contributed by atoms with Crippen LogP contribution in [-0.2, 0) is 42.7 Å². The van der Waals surface area contributed by atoms with Gasteiger partial charge >= 0.3 is 17.9 Å². The third-order valence-electron chi connectivity index (χ3n) is 11.0. The molecule has 4 bridgehead atoms. The minimum absolute atomic E-state index is 0.0228. The van der Waals surface area contributed by atoms with Crippen LogP contribution < -0.4 is 0 Å². The standard InChI is InChI=1S/C36H40O10/c1-21-14-15-35-19-40-30(38)17-22(2)31(46-32(39)24-10-6-5-7-11-24)33-42-23(3)25(43-33)12-8-9-13-29(37)45-26-18-28(44-27(35)16-21)36(20-41-36)34(26,35)4/h5-13,16-17,23,25-28,31,33H,14-15,18-20H2,1-4H3/b12-8-,13-9-,22-17-/t23-,25-,26+,27+,28+,31+,33+,34+,35+,36+/m0/s1. The number of fused-ring (bicyclic) bond motifs is 2. The summed E-state index contributed by atoms with van der Waals surface area (Å²) in [4.78, 5) is 39.9. The number of esters is 3. The van der Waals surface area contributed by atoms with Crippen molar-refractivity contribution >= 4 is 17.9 Å². The number of ether oxygens (including phenoxy) is 7. The molecule has 10 atom stereocenters. The van der Waals surface area contributed by atoms with Crippen LogP contribution in [-0.4, -0.2) is 79.6 Å². The number of hydrogen-bond donors (Lipinski definition) is 0. The predicted molar refractivity (Wildman–Crippen MR) is 163 cm³/mol. The molecule has 0 radical (unpaired) electrons. The lowest BCUT2D eigenvalue weighted by atomic mass is 9.51. The van der Waals surface area contributed by atoms with E-state index in [1.165, 1.54) is 17.7 Å². The molecule has 4 aliphatic heterocycles. The van der Waals surface area contributed by atoms with Crippen LogP contribution in [0.5, 0.6) is 0 Å². The highest BCUT2D eigenvalue weighted by molar-refractivity contribution is 5.90. The molecule has 1 saturated carbocycles. The summed E-state index contributed by atoms with van der Waals surface area (Å²) in [6, 6.07) is 8.60. The fourth-order valence-corrected chi connectivity index (χ4v) is 8.18. The Hall–Kier alpha value is -3.57. The molecular formula is C36H40O10. The summed E-state index contributed by atoms with van der Waals surface area (Å²) in [7, 11) is 0. The van der Waals surface area contributed by atoms with Gasteiger partial charge in [0.2, 0.25) is 0 Å². The molecule has 2 aliphatic carbocycles. The molecule has 2 spiro atoms. The SMILES string of the molecule is CC1=C[C@H]2O[C@@H]3C[C@H]4OC(=O)/C=C\C=C/[C@@H]5O[C@@H](O[C@H]5C)[C@H](OC(=O)c5ccccc5)/C(C)=C\C(=O)OC[C@@]2(CC1)[C@]4(C)[C@@]31CO1. The van der Waals surface area contributed by atoms with Gasteiger partial charge in [0.1, 0.15) is 24.4 Å². The van der Waals surface area contributed by atoms with Crippen LogP contribution in [0.1, 0.15) is 57.3 Å². The molecule has 6 aliphatic rings. The van der Waals surface area contributed by atoms with Gasteiger partial charge in [-0.15, -0.1) is 0 Å². The van der Waals surface area contributed by atoms with E-state index in [4.69, 9.17) is 33.2 Å². The molecule has 10 heteroatoms. The van der Waals surface area contributed by atoms with E-state index in [1.54, 1.807) is 55.5 Å². The lowest BCUT2D eigenvalue weighted by molar-refractivity contribution is -0.232. The second-order valence-electron chi connectivity index (χ2n) is 13.5. The minimum atomic E-state index is -1.03. The highest BCUT2D eigenvalue weighted by Crippen LogP contribution is 2.72. The molecule has 4 heterocycles. The van der Waals surface area contributed by atoms with Gasteiger partial charge in [0.15, 0.2) is 12.4 Å². The molecular weight excluding hydrogens is 592 g/mol. The molecule has 1 aromatic rings. The average Bonchev–Trinajstić information content (AvgIpc) is 3.73. The van der Waals surface area contributed by atoms with E-state index in [2.05, 4.69) is 19.9 Å². The average molecular weight is 633 g/mol. The van der Waals surface area contributed by atoms with E-state index in [-0.39, 0.29) is 18.8 Å². The molecule has 0 aromatic heterocycles. The maximum atomic E-state index is 13.6. The Morgan fingerprint density at radius 1 is 0.978 bits per heavy atom. The zero-order valence-electron chi connectivity index (χ0n) is 26.5. The first kappa shape index (κ1) is 31.1. The number of carbonyl (C=O) groups is 3. The summed E-state index contributed by atoms with van der Waals surface area (Å²) in [5.41, 5.74) is -0.0639. The lowest BCUT2D eigenvalue weighted by Gasteiger charge is -2.58. The van der Waals surface area contributed by atoms with Crippen LogP contribution >= 0.6 is 0 Å². The fraction of sp³-hybridized carbons (Fsp3) is 0.528. The highest BCUT2D eigenvalue weighted by atomic mass is 16.7. The van der Waals surface area contributed by atoms with Crippen molar-refractivity contribution in [3.05, 3.63) is 83.5 Å². The fourth-order valence-electron chi connectivity index (χ4n) is 8.18. The van der Waals surface area contributed by atoms with Crippen molar-refractivity contribution in [3.63, 3.8) is 0 Å². The van der Waals surface area contributed by atoms with E-state index >= 15 is 0 Å². The van der Waals surface area contributed by atoms with Gasteiger partial charge in [-0.3, -0.25) is 0 Å². The first-order valence-corrected chi connectivity index (χ1v) is 16.0. The van der Waals surface area contributed by atoms with Crippen LogP contribution in [0, 0.1) is 10.8 Å². The van der Waals surface area contributed by atoms with Gasteiger partial charge in [-0.05, 0) is 51.3 Å². The normalized spacial score (nSPS) is 44.3. The van der Waals surface area contributed by atoms with E-state index < -0.39 is 65.0 Å². The molecule has 0 unspecified atom stereocenters. The number of benzene rings is 1. The summed E-state index contributed by atoms with van der Waals surface area (Å²) >= 11 is 0. The Bertz CT molecular complexity index is 1520. The maximum absolute atomic E-state index is 13.6. The summed E-state index contributed by atoms with van der Waals surface area (Å²) in [6.45, 7) is 8.21. The Balaban J connectivity index is 1.25. The van der Waals surface area contributed by atoms with Crippen LogP contribution in [0.4, 0.5) is 0 Å². The second-order valence-corrected chi connectivity index (χ2v) is 13.5. The first-order chi connectivity index (χ1) is 22.1. The molecule has 7 rings (SSSR count). The predicted octanol–water partition coefficient (Wildman–Crippen LogP) is 4.54. The molecule has 0 amide bonds. The van der Waals surface area contributed by atoms with Gasteiger partial charge in [0.05, 0.1) is 35.9 Å². The topological polar surface area (TPSA) is 119 Å². The van der Waals surface area contributed by atoms with Crippen LogP contribution in [0.25, 0.3) is 0 Å². The zero-order chi connectivity index (χ0) is 32.3. The van der Waals surface area contributed by atoms with E-state index in [1.807, 2.05) is 6.92 Å². The Morgan fingerprint density at radius 3 is 2.52 bits per heavy atom. The van der Waals surface area contributed by atoms with E-state index in [9.17, 15) is 14.4 Å². The van der Waals surface area contributed by atoms with Gasteiger partial charge in [-0.2, -0.15) is 0 Å². The Kier molecular flexibility index (Phi) is 7.83. The molecule has 10 nitrogen and oxygen atoms in total. The quantitative estimate of drug-likeness (QED) is 0.199. The van der Waals surface area contributed by atoms with Crippen LogP contribution in [0.15, 0.2) is 77.9 Å². The molecule has 3 saturated heterocycles. The summed E-state index contributed by atoms with van der Waals surface area (Å²) < 4.78 is 43.3. The third kappa shape index (κ3) is 4.97. The van der Waals surface area contributed by atoms with Crippen LogP contribution in [0.2, 0.25) is 0 Å². The lowest BCUT2D eigenvalue weighted by Crippen LogP contribution is -2.66. The molecule has 4 fully saturated rings. The number of hydrogen-bond acceptors (Lipinski definition) is 10. The zero-order valence-corrected chi connectivity index (χ0v) is 26.5. The molecule has 0 N–H and O–H groups in total. The van der Waals surface area contributed by atoms with Crippen molar-refractivity contribution < 1.29 is 47.5 Å². The minimum Gasteiger partial charge on any atom is -0.462 e. The maximum Gasteiger partial charge on any atom is 0.338 e. The monoisotopic (exact) mass is 632 g/mol. The largest absolute Gasteiger partial charge is 0.462 e. The van der Waals surface area contributed by atoms with Crippen molar-refractivity contribution in [2.24, 2.45) is 10.8 Å². The van der Waals surface area contributed by atoms with Gasteiger partial charge in [0.25, 0.3) is 0 Å². The highest BCUT2D eigenvalue weighted by Gasteiger charge is 2.83. The number of cyclic esters (lactones) is 1. The first-order valence-electron chi connectivity index (χ1n) is 16.0. The summed E-state index contributed by atoms with van der Waals surface area (Å²) in [6.07, 6.45) is 7.82. The summed E-state index contributed by atoms with van der Waals surface area (Å²) in [5.74, 6) is -1.66. The van der Waals surface area contributed by atoms with Crippen molar-refractivity contribution in [3.8, 4) is 0 Å². The molecule has 46 heavy (non-hydrogen) atoms. The number of carbonyl (C=O) groups excluding carboxylic acids is 3. The van der Waals surface area contributed by atoms with Gasteiger partial charge in [-0.25, -0.2) is 14.4 Å². The van der Waals surface area contributed by atoms with Crippen molar-refractivity contribution in [2.45, 2.75) is 95.5 Å². The Labute approximate surface area is 268 Å². The second kappa shape index (κ2) is 11.6. The van der Waals surface area contributed by atoms with Gasteiger partial charge in [-0.1, -0.05) is 55.0 Å². The number of rotatable bonds is 2. The van der Waals surface area contributed by atoms with Gasteiger partial charge < -0.3 is 33.2 Å². The van der Waals surface area contributed by atoms with E-state index in [0.29, 0.717) is 30.6 Å². The molecule has 244 valence electrons. The van der Waals surface area contributed by atoms with Gasteiger partial charge in [0, 0.05) is 24.0 Å².